The number of hydrogen-bond donors (Lipinski definition) is 0. The van der Waals surface area contributed by atoms with Gasteiger partial charge in [0.1, 0.15) is 0 Å². The minimum absolute atomic E-state index is 0. The zero-order valence-electron chi connectivity index (χ0n) is 21.5. The van der Waals surface area contributed by atoms with E-state index in [-0.39, 0.29) is 42.1 Å². The topological polar surface area (TPSA) is 0 Å². The van der Waals surface area contributed by atoms with E-state index in [1.54, 1.807) is 0 Å². The van der Waals surface area contributed by atoms with Gasteiger partial charge in [-0.25, -0.2) is 6.42 Å². The van der Waals surface area contributed by atoms with Crippen molar-refractivity contribution in [2.75, 3.05) is 0 Å². The number of benzene rings is 1. The summed E-state index contributed by atoms with van der Waals surface area (Å²) in [6, 6.07) is 8.36. The molecule has 0 nitrogen and oxygen atoms in total. The van der Waals surface area contributed by atoms with Crippen molar-refractivity contribution in [3.05, 3.63) is 60.6 Å². The zero-order chi connectivity index (χ0) is 21.8. The molecule has 0 aliphatic heterocycles. The van der Waals surface area contributed by atoms with Crippen LogP contribution in [0.1, 0.15) is 93.2 Å². The van der Waals surface area contributed by atoms with Crippen molar-refractivity contribution in [2.45, 2.75) is 95.9 Å². The van der Waals surface area contributed by atoms with Crippen molar-refractivity contribution < 1.29 is 42.1 Å². The van der Waals surface area contributed by atoms with Gasteiger partial charge in [0.2, 0.25) is 0 Å². The normalized spacial score (nSPS) is 12.2. The quantitative estimate of drug-likeness (QED) is 0.245. The van der Waals surface area contributed by atoms with Crippen LogP contribution in [0, 0.1) is 56.8 Å². The van der Waals surface area contributed by atoms with E-state index in [9.17, 15) is 0 Å². The van der Waals surface area contributed by atoms with Crippen LogP contribution >= 0.6 is 0 Å². The maximum absolute atomic E-state index is 2.26. The molecule has 0 N–H and O–H groups in total. The Morgan fingerprint density at radius 1 is 0.724 bits per heavy atom. The van der Waals surface area contributed by atoms with Gasteiger partial charge in [0.25, 0.3) is 0 Å². The van der Waals surface area contributed by atoms with Gasteiger partial charge in [-0.2, -0.15) is 52.4 Å². The second-order valence-electron chi connectivity index (χ2n) is 7.66. The molecule has 2 heteroatoms. The van der Waals surface area contributed by atoms with Crippen molar-refractivity contribution in [3.63, 3.8) is 0 Å². The molecular formula is C27H50W2. The maximum atomic E-state index is 2.26. The molecule has 3 atom stereocenters. The molecule has 0 saturated heterocycles. The van der Waals surface area contributed by atoms with Crippen LogP contribution in [0.5, 0.6) is 0 Å². The second kappa shape index (κ2) is 28.6. The van der Waals surface area contributed by atoms with E-state index in [1.807, 2.05) is 13.8 Å². The monoisotopic (exact) mass is 742 g/mol. The molecule has 0 heterocycles. The molecule has 0 spiro atoms. The summed E-state index contributed by atoms with van der Waals surface area (Å²) < 4.78 is 0. The van der Waals surface area contributed by atoms with Crippen LogP contribution in [0.2, 0.25) is 0 Å². The Morgan fingerprint density at radius 2 is 1.03 bits per heavy atom. The standard InChI is InChI=1S/C9H18.C8H10.C8H16.C2H6.2W/c1-5-8(3)7-9(4)6-2;1-7-5-3-4-6-8(7)2;1-5-8(4)6-7(2)3;1-2;;/h5-6,8-9H,7H2,1-4H3;3-6H,1-2H3;5,8H,6H2,1-4H3;1-2H3;;/q-2;;-2;;2*+2/t8-,9?;;8-;;;/m0.0.../s1. The van der Waals surface area contributed by atoms with E-state index in [4.69, 9.17) is 0 Å². The fraction of sp³-hybridized carbons (Fsp3) is 0.630. The Morgan fingerprint density at radius 3 is 1.21 bits per heavy atom. The van der Waals surface area contributed by atoms with Gasteiger partial charge < -0.3 is 25.2 Å². The third-order valence-corrected chi connectivity index (χ3v) is 4.61. The summed E-state index contributed by atoms with van der Waals surface area (Å²) in [4.78, 5) is 0. The van der Waals surface area contributed by atoms with Crippen LogP contribution in [0.25, 0.3) is 0 Å². The summed E-state index contributed by atoms with van der Waals surface area (Å²) in [7, 11) is 0. The van der Waals surface area contributed by atoms with Crippen LogP contribution in [0.4, 0.5) is 0 Å². The summed E-state index contributed by atoms with van der Waals surface area (Å²) in [5.74, 6) is 3.84. The molecule has 0 aliphatic carbocycles. The van der Waals surface area contributed by atoms with E-state index in [2.05, 4.69) is 113 Å². The van der Waals surface area contributed by atoms with Crippen LogP contribution in [-0.4, -0.2) is 0 Å². The summed E-state index contributed by atoms with van der Waals surface area (Å²) >= 11 is 0. The molecule has 0 amide bonds. The van der Waals surface area contributed by atoms with E-state index in [1.165, 1.54) is 29.9 Å². The summed E-state index contributed by atoms with van der Waals surface area (Å²) in [5.41, 5.74) is 2.74. The molecule has 170 valence electrons. The van der Waals surface area contributed by atoms with Crippen molar-refractivity contribution in [1.82, 2.24) is 0 Å². The predicted octanol–water partition coefficient (Wildman–Crippen LogP) is 9.27. The molecule has 1 aromatic carbocycles. The van der Waals surface area contributed by atoms with Crippen LogP contribution in [0.15, 0.2) is 24.3 Å². The van der Waals surface area contributed by atoms with Gasteiger partial charge in [-0.1, -0.05) is 58.9 Å². The van der Waals surface area contributed by atoms with Crippen molar-refractivity contribution in [3.8, 4) is 0 Å². The van der Waals surface area contributed by atoms with Crippen molar-refractivity contribution >= 4 is 0 Å². The SMILES string of the molecule is CC.C[CH-]C(C)C[C@@H](C)[CH-]C.C[CH-][C@H](C)C[C-](C)C.Cc1ccccc1C.[W+2].[W+2]. The van der Waals surface area contributed by atoms with Gasteiger partial charge >= 0.3 is 42.1 Å². The van der Waals surface area contributed by atoms with Crippen LogP contribution in [-0.2, 0) is 42.1 Å². The number of rotatable bonds is 7. The van der Waals surface area contributed by atoms with Gasteiger partial charge in [0.15, 0.2) is 0 Å². The minimum atomic E-state index is 0. The first-order chi connectivity index (χ1) is 12.7. The molecule has 0 saturated carbocycles. The first kappa shape index (κ1) is 40.0. The van der Waals surface area contributed by atoms with Crippen molar-refractivity contribution in [2.24, 2.45) is 17.8 Å². The zero-order valence-corrected chi connectivity index (χ0v) is 27.4. The van der Waals surface area contributed by atoms with Crippen molar-refractivity contribution in [1.29, 1.82) is 0 Å². The molecule has 0 aliphatic rings. The molecular weight excluding hydrogens is 692 g/mol. The average Bonchev–Trinajstić information content (AvgIpc) is 2.66. The van der Waals surface area contributed by atoms with Gasteiger partial charge in [0.05, 0.1) is 0 Å². The Balaban J connectivity index is -0.0000000921. The van der Waals surface area contributed by atoms with Gasteiger partial charge in [-0.15, -0.1) is 6.42 Å². The molecule has 0 fully saturated rings. The third-order valence-electron chi connectivity index (χ3n) is 4.61. The third kappa shape index (κ3) is 30.9. The molecule has 1 rings (SSSR count). The summed E-state index contributed by atoms with van der Waals surface area (Å²) in [6.45, 7) is 25.8. The van der Waals surface area contributed by atoms with E-state index in [0.717, 1.165) is 17.8 Å². The van der Waals surface area contributed by atoms with E-state index < -0.39 is 0 Å². The van der Waals surface area contributed by atoms with E-state index >= 15 is 0 Å². The number of aryl methyl sites for hydroxylation is 2. The first-order valence-corrected chi connectivity index (χ1v) is 10.9. The summed E-state index contributed by atoms with van der Waals surface area (Å²) in [6.07, 6.45) is 9.32. The Bertz CT molecular complexity index is 372. The number of hydrogen-bond acceptors (Lipinski definition) is 0. The second-order valence-corrected chi connectivity index (χ2v) is 7.66. The minimum Gasteiger partial charge on any atom is -0.331 e. The van der Waals surface area contributed by atoms with Crippen LogP contribution in [0.3, 0.4) is 0 Å². The van der Waals surface area contributed by atoms with Gasteiger partial charge in [0, 0.05) is 0 Å². The molecule has 1 unspecified atom stereocenters. The molecule has 0 bridgehead atoms. The predicted molar refractivity (Wildman–Crippen MR) is 129 cm³/mol. The van der Waals surface area contributed by atoms with Crippen LogP contribution < -0.4 is 0 Å². The molecule has 0 radical (unpaired) electrons. The smallest absolute Gasteiger partial charge is 0.331 e. The molecule has 29 heavy (non-hydrogen) atoms. The Labute approximate surface area is 215 Å². The fourth-order valence-corrected chi connectivity index (χ4v) is 2.28. The Kier molecular flexibility index (Phi) is 39.4. The Hall–Kier alpha value is 0.597. The fourth-order valence-electron chi connectivity index (χ4n) is 2.28. The first-order valence-electron chi connectivity index (χ1n) is 10.9. The average molecular weight is 742 g/mol. The largest absolute Gasteiger partial charge is 2.00 e. The maximum Gasteiger partial charge on any atom is 2.00 e. The van der Waals surface area contributed by atoms with Gasteiger partial charge in [-0.05, 0) is 25.0 Å². The van der Waals surface area contributed by atoms with E-state index in [0.29, 0.717) is 0 Å². The van der Waals surface area contributed by atoms with Gasteiger partial charge in [-0.3, -0.25) is 0 Å². The molecule has 0 aromatic heterocycles. The molecule has 1 aromatic rings. The summed E-state index contributed by atoms with van der Waals surface area (Å²) in [5, 5.41) is 0.